The lowest BCUT2D eigenvalue weighted by molar-refractivity contribution is -0.134. The summed E-state index contributed by atoms with van der Waals surface area (Å²) in [6.45, 7) is 0.895. The third-order valence-corrected chi connectivity index (χ3v) is 5.10. The van der Waals surface area contributed by atoms with Gasteiger partial charge in [-0.3, -0.25) is 4.79 Å². The molecule has 2 aliphatic rings. The molecule has 114 valence electrons. The van der Waals surface area contributed by atoms with Gasteiger partial charge in [0, 0.05) is 25.3 Å². The van der Waals surface area contributed by atoms with E-state index in [1.807, 2.05) is 19.2 Å². The fraction of sp³-hybridized carbons (Fsp3) is 0.611. The first kappa shape index (κ1) is 14.4. The van der Waals surface area contributed by atoms with Crippen LogP contribution in [0.15, 0.2) is 24.3 Å². The molecule has 0 aromatic heterocycles. The predicted molar refractivity (Wildman–Crippen MR) is 86.5 cm³/mol. The zero-order valence-electron chi connectivity index (χ0n) is 13.0. The van der Waals surface area contributed by atoms with E-state index in [9.17, 15) is 4.79 Å². The molecule has 1 aliphatic carbocycles. The number of amides is 1. The van der Waals surface area contributed by atoms with Crippen LogP contribution in [0.4, 0.5) is 5.69 Å². The quantitative estimate of drug-likeness (QED) is 0.839. The third-order valence-electron chi connectivity index (χ3n) is 5.10. The molecule has 3 rings (SSSR count). The molecular weight excluding hydrogens is 260 g/mol. The van der Waals surface area contributed by atoms with E-state index in [1.165, 1.54) is 44.1 Å². The van der Waals surface area contributed by atoms with Gasteiger partial charge in [-0.2, -0.15) is 0 Å². The van der Waals surface area contributed by atoms with Crippen molar-refractivity contribution >= 4 is 11.6 Å². The Morgan fingerprint density at radius 3 is 2.57 bits per heavy atom. The topological polar surface area (TPSA) is 32.3 Å². The Labute approximate surface area is 127 Å². The van der Waals surface area contributed by atoms with Gasteiger partial charge in [-0.15, -0.1) is 0 Å². The second-order valence-electron chi connectivity index (χ2n) is 6.45. The van der Waals surface area contributed by atoms with Crippen LogP contribution >= 0.6 is 0 Å². The maximum atomic E-state index is 13.0. The largest absolute Gasteiger partial charge is 0.385 e. The van der Waals surface area contributed by atoms with Gasteiger partial charge < -0.3 is 10.2 Å². The summed E-state index contributed by atoms with van der Waals surface area (Å²) in [6, 6.07) is 8.71. The van der Waals surface area contributed by atoms with Crippen LogP contribution in [0.25, 0.3) is 0 Å². The van der Waals surface area contributed by atoms with Crippen LogP contribution in [-0.2, 0) is 4.79 Å². The summed E-state index contributed by atoms with van der Waals surface area (Å²) < 4.78 is 0. The van der Waals surface area contributed by atoms with E-state index in [-0.39, 0.29) is 5.92 Å². The number of anilines is 1. The van der Waals surface area contributed by atoms with Crippen molar-refractivity contribution in [2.24, 2.45) is 0 Å². The Morgan fingerprint density at radius 2 is 1.81 bits per heavy atom. The molecule has 1 N–H and O–H groups in total. The standard InChI is InChI=1S/C18H26N2O/c1-20(14-8-4-2-3-5-9-14)18(21)16-12-13-19-17-11-7-6-10-15(16)17/h6-7,10-11,14,16,19H,2-5,8-9,12-13H2,1H3. The molecule has 1 unspecified atom stereocenters. The van der Waals surface area contributed by atoms with Crippen LogP contribution < -0.4 is 5.32 Å². The number of para-hydroxylation sites is 1. The van der Waals surface area contributed by atoms with Crippen molar-refractivity contribution in [3.05, 3.63) is 29.8 Å². The molecule has 3 heteroatoms. The number of benzene rings is 1. The van der Waals surface area contributed by atoms with Gasteiger partial charge in [0.05, 0.1) is 5.92 Å². The van der Waals surface area contributed by atoms with E-state index >= 15 is 0 Å². The molecule has 0 bridgehead atoms. The summed E-state index contributed by atoms with van der Waals surface area (Å²) in [5.74, 6) is 0.353. The molecule has 1 saturated carbocycles. The number of likely N-dealkylation sites (N-methyl/N-ethyl adjacent to an activating group) is 1. The molecular formula is C18H26N2O. The smallest absolute Gasteiger partial charge is 0.230 e. The van der Waals surface area contributed by atoms with Gasteiger partial charge in [-0.05, 0) is 30.9 Å². The Hall–Kier alpha value is -1.51. The normalized spacial score (nSPS) is 22.8. The second kappa shape index (κ2) is 6.50. The summed E-state index contributed by atoms with van der Waals surface area (Å²) in [7, 11) is 2.02. The average molecular weight is 286 g/mol. The first-order valence-corrected chi connectivity index (χ1v) is 8.37. The molecule has 1 aromatic rings. The molecule has 1 amide bonds. The molecule has 3 nitrogen and oxygen atoms in total. The Morgan fingerprint density at radius 1 is 1.10 bits per heavy atom. The highest BCUT2D eigenvalue weighted by Crippen LogP contribution is 2.33. The average Bonchev–Trinajstić information content (AvgIpc) is 2.82. The summed E-state index contributed by atoms with van der Waals surface area (Å²) in [5.41, 5.74) is 2.31. The molecule has 1 aromatic carbocycles. The van der Waals surface area contributed by atoms with E-state index in [0.717, 1.165) is 18.7 Å². The Bertz CT molecular complexity index is 492. The van der Waals surface area contributed by atoms with Crippen molar-refractivity contribution in [3.63, 3.8) is 0 Å². The van der Waals surface area contributed by atoms with Crippen LogP contribution in [0, 0.1) is 0 Å². The minimum Gasteiger partial charge on any atom is -0.385 e. The van der Waals surface area contributed by atoms with E-state index in [4.69, 9.17) is 0 Å². The van der Waals surface area contributed by atoms with Crippen LogP contribution in [0.2, 0.25) is 0 Å². The van der Waals surface area contributed by atoms with Crippen LogP contribution in [-0.4, -0.2) is 30.4 Å². The number of rotatable bonds is 2. The molecule has 0 spiro atoms. The van der Waals surface area contributed by atoms with Crippen LogP contribution in [0.1, 0.15) is 56.4 Å². The van der Waals surface area contributed by atoms with Crippen molar-refractivity contribution < 1.29 is 4.79 Å². The molecule has 1 atom stereocenters. The third kappa shape index (κ3) is 3.07. The van der Waals surface area contributed by atoms with Crippen molar-refractivity contribution in [1.82, 2.24) is 4.90 Å². The highest BCUT2D eigenvalue weighted by Gasteiger charge is 2.31. The number of nitrogens with zero attached hydrogens (tertiary/aromatic N) is 1. The molecule has 1 heterocycles. The number of hydrogen-bond donors (Lipinski definition) is 1. The van der Waals surface area contributed by atoms with Crippen molar-refractivity contribution in [1.29, 1.82) is 0 Å². The van der Waals surface area contributed by atoms with E-state index < -0.39 is 0 Å². The fourth-order valence-electron chi connectivity index (χ4n) is 3.80. The highest BCUT2D eigenvalue weighted by atomic mass is 16.2. The van der Waals surface area contributed by atoms with Crippen LogP contribution in [0.5, 0.6) is 0 Å². The molecule has 1 aliphatic heterocycles. The first-order chi connectivity index (χ1) is 10.3. The number of carbonyl (C=O) groups excluding carboxylic acids is 1. The zero-order valence-corrected chi connectivity index (χ0v) is 13.0. The summed E-state index contributed by atoms with van der Waals surface area (Å²) in [4.78, 5) is 15.0. The number of nitrogens with one attached hydrogen (secondary N) is 1. The molecule has 0 radical (unpaired) electrons. The van der Waals surface area contributed by atoms with Crippen molar-refractivity contribution in [2.45, 2.75) is 56.9 Å². The highest BCUT2D eigenvalue weighted by molar-refractivity contribution is 5.86. The first-order valence-electron chi connectivity index (χ1n) is 8.37. The lowest BCUT2D eigenvalue weighted by Crippen LogP contribution is -2.41. The summed E-state index contributed by atoms with van der Waals surface area (Å²) >= 11 is 0. The monoisotopic (exact) mass is 286 g/mol. The molecule has 0 saturated heterocycles. The van der Waals surface area contributed by atoms with Gasteiger partial charge in [0.2, 0.25) is 5.91 Å². The zero-order chi connectivity index (χ0) is 14.7. The summed E-state index contributed by atoms with van der Waals surface area (Å²) in [6.07, 6.45) is 8.45. The fourth-order valence-corrected chi connectivity index (χ4v) is 3.80. The Balaban J connectivity index is 1.76. The van der Waals surface area contributed by atoms with E-state index in [0.29, 0.717) is 11.9 Å². The van der Waals surface area contributed by atoms with Crippen molar-refractivity contribution in [2.75, 3.05) is 18.9 Å². The number of carbonyl (C=O) groups is 1. The van der Waals surface area contributed by atoms with Gasteiger partial charge in [0.15, 0.2) is 0 Å². The maximum Gasteiger partial charge on any atom is 0.230 e. The molecule has 21 heavy (non-hydrogen) atoms. The van der Waals surface area contributed by atoms with Crippen molar-refractivity contribution in [3.8, 4) is 0 Å². The lowest BCUT2D eigenvalue weighted by Gasteiger charge is -2.33. The molecule has 1 fully saturated rings. The SMILES string of the molecule is CN(C(=O)C1CCNc2ccccc21)C1CCCCCC1. The van der Waals surface area contributed by atoms with E-state index in [2.05, 4.69) is 22.3 Å². The minimum absolute atomic E-state index is 0.0377. The van der Waals surface area contributed by atoms with Gasteiger partial charge in [-0.1, -0.05) is 43.9 Å². The summed E-state index contributed by atoms with van der Waals surface area (Å²) in [5, 5.41) is 3.41. The van der Waals surface area contributed by atoms with Gasteiger partial charge in [0.1, 0.15) is 0 Å². The lowest BCUT2D eigenvalue weighted by atomic mass is 9.89. The van der Waals surface area contributed by atoms with Gasteiger partial charge in [-0.25, -0.2) is 0 Å². The van der Waals surface area contributed by atoms with Gasteiger partial charge >= 0.3 is 0 Å². The maximum absolute atomic E-state index is 13.0. The predicted octanol–water partition coefficient (Wildman–Crippen LogP) is 3.77. The number of fused-ring (bicyclic) bond motifs is 1. The Kier molecular flexibility index (Phi) is 4.47. The second-order valence-corrected chi connectivity index (χ2v) is 6.45. The van der Waals surface area contributed by atoms with Gasteiger partial charge in [0.25, 0.3) is 0 Å². The minimum atomic E-state index is 0.0377. The van der Waals surface area contributed by atoms with Crippen LogP contribution in [0.3, 0.4) is 0 Å². The van der Waals surface area contributed by atoms with E-state index in [1.54, 1.807) is 0 Å². The number of hydrogen-bond acceptors (Lipinski definition) is 2.